The third-order valence-corrected chi connectivity index (χ3v) is 4.45. The van der Waals surface area contributed by atoms with Crippen molar-refractivity contribution in [1.29, 1.82) is 0 Å². The molecule has 0 aromatic heterocycles. The second-order valence-electron chi connectivity index (χ2n) is 2.19. The second kappa shape index (κ2) is 8.37. The van der Waals surface area contributed by atoms with Crippen molar-refractivity contribution in [2.24, 2.45) is 5.73 Å². The van der Waals surface area contributed by atoms with E-state index in [2.05, 4.69) is 0 Å². The maximum absolute atomic E-state index is 5.36. The van der Waals surface area contributed by atoms with Gasteiger partial charge in [-0.2, -0.15) is 0 Å². The molecule has 6 heteroatoms. The first-order chi connectivity index (χ1) is 5.24. The molecule has 0 aliphatic carbocycles. The summed E-state index contributed by atoms with van der Waals surface area (Å²) in [6.07, 6.45) is 0.877. The third kappa shape index (κ3) is 4.71. The van der Waals surface area contributed by atoms with Gasteiger partial charge in [-0.25, -0.2) is 0 Å². The van der Waals surface area contributed by atoms with Gasteiger partial charge < -0.3 is 19.0 Å². The van der Waals surface area contributed by atoms with Crippen LogP contribution >= 0.6 is 0 Å². The van der Waals surface area contributed by atoms with E-state index in [1.807, 2.05) is 0 Å². The molecule has 0 unspecified atom stereocenters. The van der Waals surface area contributed by atoms with Gasteiger partial charge in [-0.05, 0) is 13.0 Å². The molecule has 0 aliphatic heterocycles. The molecule has 4 nitrogen and oxygen atoms in total. The first-order valence-corrected chi connectivity index (χ1v) is 5.53. The zero-order chi connectivity index (χ0) is 8.74. The molecule has 0 atom stereocenters. The summed E-state index contributed by atoms with van der Waals surface area (Å²) in [5, 5.41) is 0. The first-order valence-electron chi connectivity index (χ1n) is 3.60. The Morgan fingerprint density at radius 2 is 1.50 bits per heavy atom. The van der Waals surface area contributed by atoms with Crippen molar-refractivity contribution in [2.45, 2.75) is 12.5 Å². The Morgan fingerprint density at radius 1 is 1.08 bits per heavy atom. The molecule has 12 heavy (non-hydrogen) atoms. The fraction of sp³-hybridized carbons (Fsp3) is 1.00. The largest absolute Gasteiger partial charge is 0.500 e. The summed E-state index contributed by atoms with van der Waals surface area (Å²) >= 11 is 0. The van der Waals surface area contributed by atoms with Crippen LogP contribution in [0.25, 0.3) is 0 Å². The van der Waals surface area contributed by atoms with Crippen molar-refractivity contribution in [3.63, 3.8) is 0 Å². The summed E-state index contributed by atoms with van der Waals surface area (Å²) < 4.78 is 15.5. The molecule has 0 saturated carbocycles. The van der Waals surface area contributed by atoms with E-state index in [0.717, 1.165) is 12.5 Å². The van der Waals surface area contributed by atoms with E-state index in [1.165, 1.54) is 0 Å². The molecule has 72 valence electrons. The molecular weight excluding hydrogens is 210 g/mol. The Morgan fingerprint density at radius 3 is 1.75 bits per heavy atom. The summed E-state index contributed by atoms with van der Waals surface area (Å²) in [5.74, 6) is 0. The number of hydrogen-bond acceptors (Lipinski definition) is 4. The van der Waals surface area contributed by atoms with Crippen LogP contribution in [-0.4, -0.2) is 36.7 Å². The van der Waals surface area contributed by atoms with Gasteiger partial charge in [0.25, 0.3) is 0 Å². The van der Waals surface area contributed by atoms with E-state index in [9.17, 15) is 0 Å². The molecule has 0 fully saturated rings. The molecule has 2 N–H and O–H groups in total. The second-order valence-corrected chi connectivity index (χ2v) is 5.28. The van der Waals surface area contributed by atoms with E-state index in [0.29, 0.717) is 6.54 Å². The van der Waals surface area contributed by atoms with Gasteiger partial charge in [-0.1, -0.05) is 0 Å². The monoisotopic (exact) mass is 227 g/mol. The van der Waals surface area contributed by atoms with Gasteiger partial charge >= 0.3 is 8.80 Å². The summed E-state index contributed by atoms with van der Waals surface area (Å²) in [7, 11) is 2.50. The van der Waals surface area contributed by atoms with Crippen LogP contribution in [0.3, 0.4) is 0 Å². The maximum atomic E-state index is 5.36. The van der Waals surface area contributed by atoms with Crippen LogP contribution in [-0.2, 0) is 35.0 Å². The molecular formula is C6H17NO3SiTi. The van der Waals surface area contributed by atoms with Crippen LogP contribution < -0.4 is 5.73 Å². The minimum atomic E-state index is -2.32. The number of hydrogen-bond donors (Lipinski definition) is 1. The van der Waals surface area contributed by atoms with Gasteiger partial charge in [0.05, 0.1) is 0 Å². The fourth-order valence-corrected chi connectivity index (χ4v) is 2.62. The Bertz CT molecular complexity index is 94.5. The van der Waals surface area contributed by atoms with Gasteiger partial charge in [0.15, 0.2) is 0 Å². The van der Waals surface area contributed by atoms with Crippen molar-refractivity contribution in [1.82, 2.24) is 0 Å². The van der Waals surface area contributed by atoms with Crippen LogP contribution in [0.4, 0.5) is 0 Å². The van der Waals surface area contributed by atoms with Gasteiger partial charge in [0.1, 0.15) is 0 Å². The summed E-state index contributed by atoms with van der Waals surface area (Å²) in [6, 6.07) is 0.785. The van der Waals surface area contributed by atoms with Gasteiger partial charge in [0, 0.05) is 49.1 Å². The zero-order valence-electron chi connectivity index (χ0n) is 7.92. The molecule has 0 bridgehead atoms. The van der Waals surface area contributed by atoms with E-state index < -0.39 is 8.80 Å². The molecule has 0 aromatic rings. The molecule has 0 aliphatic rings. The average Bonchev–Trinajstić information content (AvgIpc) is 2.08. The molecule has 0 aromatic carbocycles. The minimum absolute atomic E-state index is 0. The standard InChI is InChI=1S/C6H17NO3Si.Ti/c1-8-11(9-2,10-3)6-4-5-7;/h4-7H2,1-3H3;. The van der Waals surface area contributed by atoms with E-state index in [1.54, 1.807) is 21.3 Å². The Kier molecular flexibility index (Phi) is 10.6. The quantitative estimate of drug-likeness (QED) is 0.659. The molecule has 0 spiro atoms. The SMILES string of the molecule is CO[Si](CCCN)(OC)OC.[Ti]. The fourth-order valence-electron chi connectivity index (χ4n) is 0.875. The van der Waals surface area contributed by atoms with Crippen LogP contribution in [0.5, 0.6) is 0 Å². The van der Waals surface area contributed by atoms with E-state index >= 15 is 0 Å². The molecule has 0 radical (unpaired) electrons. The van der Waals surface area contributed by atoms with E-state index in [-0.39, 0.29) is 21.7 Å². The zero-order valence-corrected chi connectivity index (χ0v) is 10.5. The van der Waals surface area contributed by atoms with Gasteiger partial charge in [-0.3, -0.25) is 0 Å². The predicted octanol–water partition coefficient (Wildman–Crippen LogP) is 0.211. The van der Waals surface area contributed by atoms with Gasteiger partial charge in [0.2, 0.25) is 0 Å². The molecule has 0 amide bonds. The smallest absolute Gasteiger partial charge is 0.377 e. The normalized spacial score (nSPS) is 11.0. The summed E-state index contributed by atoms with van der Waals surface area (Å²) in [6.45, 7) is 0.644. The summed E-state index contributed by atoms with van der Waals surface area (Å²) in [5.41, 5.74) is 5.36. The van der Waals surface area contributed by atoms with Crippen molar-refractivity contribution < 1.29 is 35.0 Å². The van der Waals surface area contributed by atoms with Crippen LogP contribution in [0.15, 0.2) is 0 Å². The Labute approximate surface area is 90.0 Å². The Hall–Kier alpha value is 0.771. The number of nitrogens with two attached hydrogens (primary N) is 1. The molecule has 0 rings (SSSR count). The first kappa shape index (κ1) is 15.3. The summed E-state index contributed by atoms with van der Waals surface area (Å²) in [4.78, 5) is 0. The van der Waals surface area contributed by atoms with Crippen LogP contribution in [0, 0.1) is 0 Å². The van der Waals surface area contributed by atoms with Crippen molar-refractivity contribution in [2.75, 3.05) is 27.9 Å². The third-order valence-electron chi connectivity index (χ3n) is 1.62. The van der Waals surface area contributed by atoms with Gasteiger partial charge in [-0.15, -0.1) is 0 Å². The van der Waals surface area contributed by atoms with Crippen molar-refractivity contribution >= 4 is 8.80 Å². The van der Waals surface area contributed by atoms with E-state index in [4.69, 9.17) is 19.0 Å². The number of rotatable bonds is 6. The maximum Gasteiger partial charge on any atom is 0.500 e. The predicted molar refractivity (Wildman–Crippen MR) is 45.3 cm³/mol. The Balaban J connectivity index is 0. The van der Waals surface area contributed by atoms with Crippen molar-refractivity contribution in [3.8, 4) is 0 Å². The molecule has 0 saturated heterocycles. The van der Waals surface area contributed by atoms with Crippen molar-refractivity contribution in [3.05, 3.63) is 0 Å². The molecule has 0 heterocycles. The average molecular weight is 227 g/mol. The van der Waals surface area contributed by atoms with Crippen LogP contribution in [0.2, 0.25) is 6.04 Å². The topological polar surface area (TPSA) is 53.7 Å². The van der Waals surface area contributed by atoms with Crippen LogP contribution in [0.1, 0.15) is 6.42 Å². The minimum Gasteiger partial charge on any atom is -0.377 e.